The van der Waals surface area contributed by atoms with Gasteiger partial charge in [0.25, 0.3) is 5.56 Å². The number of hydrogen-bond donors (Lipinski definition) is 0. The number of carbonyl (C=O) groups is 1. The lowest BCUT2D eigenvalue weighted by Crippen LogP contribution is -2.36. The summed E-state index contributed by atoms with van der Waals surface area (Å²) in [6, 6.07) is 11.3. The first kappa shape index (κ1) is 17.3. The number of likely N-dealkylation sites (tertiary alicyclic amines) is 1. The van der Waals surface area contributed by atoms with Gasteiger partial charge in [0.15, 0.2) is 5.16 Å². The van der Waals surface area contributed by atoms with Crippen molar-refractivity contribution in [3.8, 4) is 5.69 Å². The minimum Gasteiger partial charge on any atom is -0.342 e. The molecule has 5 nitrogen and oxygen atoms in total. The van der Waals surface area contributed by atoms with Crippen LogP contribution in [0.2, 0.25) is 0 Å². The van der Waals surface area contributed by atoms with E-state index in [0.717, 1.165) is 31.6 Å². The van der Waals surface area contributed by atoms with E-state index in [9.17, 15) is 9.59 Å². The van der Waals surface area contributed by atoms with Gasteiger partial charge < -0.3 is 4.90 Å². The van der Waals surface area contributed by atoms with Crippen LogP contribution in [0.1, 0.15) is 19.3 Å². The number of rotatable bonds is 4. The maximum absolute atomic E-state index is 13.0. The Labute approximate surface area is 159 Å². The molecule has 0 atom stereocenters. The summed E-state index contributed by atoms with van der Waals surface area (Å²) in [7, 11) is 0. The zero-order valence-electron chi connectivity index (χ0n) is 14.3. The van der Waals surface area contributed by atoms with Gasteiger partial charge in [0, 0.05) is 13.1 Å². The van der Waals surface area contributed by atoms with E-state index in [4.69, 9.17) is 0 Å². The number of hydrogen-bond acceptors (Lipinski definition) is 5. The Balaban J connectivity index is 1.67. The molecule has 134 valence electrons. The summed E-state index contributed by atoms with van der Waals surface area (Å²) < 4.78 is 2.26. The highest BCUT2D eigenvalue weighted by atomic mass is 32.2. The number of thiophene rings is 1. The minimum absolute atomic E-state index is 0.0795. The third kappa shape index (κ3) is 3.41. The van der Waals surface area contributed by atoms with E-state index in [1.807, 2.05) is 46.7 Å². The average Bonchev–Trinajstić information content (AvgIpc) is 3.16. The summed E-state index contributed by atoms with van der Waals surface area (Å²) in [5.74, 6) is 0.420. The smallest absolute Gasteiger partial charge is 0.276 e. The van der Waals surface area contributed by atoms with Gasteiger partial charge in [0.2, 0.25) is 5.91 Å². The van der Waals surface area contributed by atoms with Crippen molar-refractivity contribution in [2.75, 3.05) is 18.8 Å². The minimum atomic E-state index is -0.0795. The summed E-state index contributed by atoms with van der Waals surface area (Å²) >= 11 is 2.74. The molecule has 26 heavy (non-hydrogen) atoms. The van der Waals surface area contributed by atoms with E-state index in [1.165, 1.54) is 29.5 Å². The predicted octanol–water partition coefficient (Wildman–Crippen LogP) is 3.55. The molecule has 1 saturated heterocycles. The molecule has 1 aliphatic rings. The molecule has 0 saturated carbocycles. The molecule has 3 heterocycles. The molecule has 1 amide bonds. The summed E-state index contributed by atoms with van der Waals surface area (Å²) in [4.78, 5) is 32.1. The average molecular weight is 386 g/mol. The largest absolute Gasteiger partial charge is 0.342 e. The third-order valence-electron chi connectivity index (χ3n) is 4.50. The Morgan fingerprint density at radius 1 is 1.12 bits per heavy atom. The first-order valence-corrected chi connectivity index (χ1v) is 10.6. The lowest BCUT2D eigenvalue weighted by Gasteiger charge is -2.26. The Kier molecular flexibility index (Phi) is 5.08. The molecular weight excluding hydrogens is 366 g/mol. The molecule has 0 aliphatic carbocycles. The summed E-state index contributed by atoms with van der Waals surface area (Å²) in [6.07, 6.45) is 3.34. The molecule has 3 aromatic rings. The number of aromatic nitrogens is 2. The Morgan fingerprint density at radius 3 is 2.65 bits per heavy atom. The molecule has 0 bridgehead atoms. The molecule has 4 rings (SSSR count). The number of thioether (sulfide) groups is 1. The van der Waals surface area contributed by atoms with Crippen LogP contribution in [-0.4, -0.2) is 39.2 Å². The van der Waals surface area contributed by atoms with Crippen molar-refractivity contribution in [3.05, 3.63) is 52.1 Å². The molecule has 2 aromatic heterocycles. The summed E-state index contributed by atoms with van der Waals surface area (Å²) in [6.45, 7) is 1.67. The SMILES string of the molecule is O=C(CSc1nc2ccsc2c(=O)n1-c1ccccc1)N1CCCCC1. The molecular formula is C19H19N3O2S2. The number of benzene rings is 1. The van der Waals surface area contributed by atoms with Crippen LogP contribution in [0.4, 0.5) is 0 Å². The van der Waals surface area contributed by atoms with Gasteiger partial charge in [-0.3, -0.25) is 14.2 Å². The van der Waals surface area contributed by atoms with E-state index in [1.54, 1.807) is 4.57 Å². The molecule has 0 unspecified atom stereocenters. The number of amides is 1. The van der Waals surface area contributed by atoms with Gasteiger partial charge in [-0.15, -0.1) is 11.3 Å². The normalized spacial score (nSPS) is 14.7. The highest BCUT2D eigenvalue weighted by Gasteiger charge is 2.19. The van der Waals surface area contributed by atoms with Crippen LogP contribution < -0.4 is 5.56 Å². The van der Waals surface area contributed by atoms with Gasteiger partial charge in [-0.05, 0) is 42.8 Å². The molecule has 7 heteroatoms. The van der Waals surface area contributed by atoms with E-state index < -0.39 is 0 Å². The number of carbonyl (C=O) groups excluding carboxylic acids is 1. The molecule has 0 spiro atoms. The number of nitrogens with zero attached hydrogens (tertiary/aromatic N) is 3. The Hall–Kier alpha value is -2.12. The van der Waals surface area contributed by atoms with Crippen LogP contribution in [0.15, 0.2) is 51.7 Å². The van der Waals surface area contributed by atoms with Gasteiger partial charge in [-0.25, -0.2) is 4.98 Å². The van der Waals surface area contributed by atoms with Crippen LogP contribution in [0.3, 0.4) is 0 Å². The van der Waals surface area contributed by atoms with Gasteiger partial charge >= 0.3 is 0 Å². The van der Waals surface area contributed by atoms with Crippen molar-refractivity contribution in [1.82, 2.24) is 14.5 Å². The fourth-order valence-electron chi connectivity index (χ4n) is 3.15. The summed E-state index contributed by atoms with van der Waals surface area (Å²) in [5.41, 5.74) is 1.39. The second kappa shape index (κ2) is 7.63. The Morgan fingerprint density at radius 2 is 1.88 bits per heavy atom. The van der Waals surface area contributed by atoms with Gasteiger partial charge in [-0.1, -0.05) is 30.0 Å². The van der Waals surface area contributed by atoms with E-state index in [-0.39, 0.29) is 11.5 Å². The van der Waals surface area contributed by atoms with Crippen molar-refractivity contribution < 1.29 is 4.79 Å². The fourth-order valence-corrected chi connectivity index (χ4v) is 4.83. The monoisotopic (exact) mass is 385 g/mol. The lowest BCUT2D eigenvalue weighted by atomic mass is 10.1. The molecule has 0 N–H and O–H groups in total. The first-order chi connectivity index (χ1) is 12.7. The number of para-hydroxylation sites is 1. The zero-order chi connectivity index (χ0) is 17.9. The van der Waals surface area contributed by atoms with E-state index in [0.29, 0.717) is 21.1 Å². The lowest BCUT2D eigenvalue weighted by molar-refractivity contribution is -0.129. The number of piperidine rings is 1. The maximum Gasteiger partial charge on any atom is 0.276 e. The molecule has 1 aromatic carbocycles. The standard InChI is InChI=1S/C19H19N3O2S2/c23-16(21-10-5-2-6-11-21)13-26-19-20-15-9-12-25-17(15)18(24)22(19)14-7-3-1-4-8-14/h1,3-4,7-9,12H,2,5-6,10-11,13H2. The topological polar surface area (TPSA) is 55.2 Å². The van der Waals surface area contributed by atoms with Crippen molar-refractivity contribution in [1.29, 1.82) is 0 Å². The predicted molar refractivity (Wildman–Crippen MR) is 106 cm³/mol. The van der Waals surface area contributed by atoms with E-state index in [2.05, 4.69) is 4.98 Å². The van der Waals surface area contributed by atoms with Gasteiger partial charge in [0.05, 0.1) is 17.0 Å². The van der Waals surface area contributed by atoms with Crippen molar-refractivity contribution >= 4 is 39.2 Å². The second-order valence-electron chi connectivity index (χ2n) is 6.24. The van der Waals surface area contributed by atoms with Crippen LogP contribution in [0.5, 0.6) is 0 Å². The summed E-state index contributed by atoms with van der Waals surface area (Å²) in [5, 5.41) is 2.44. The molecule has 1 fully saturated rings. The first-order valence-electron chi connectivity index (χ1n) is 8.70. The maximum atomic E-state index is 13.0. The van der Waals surface area contributed by atoms with Crippen LogP contribution in [-0.2, 0) is 4.79 Å². The van der Waals surface area contributed by atoms with E-state index >= 15 is 0 Å². The van der Waals surface area contributed by atoms with Crippen molar-refractivity contribution in [3.63, 3.8) is 0 Å². The van der Waals surface area contributed by atoms with Crippen LogP contribution in [0.25, 0.3) is 15.9 Å². The second-order valence-corrected chi connectivity index (χ2v) is 8.09. The molecule has 1 aliphatic heterocycles. The van der Waals surface area contributed by atoms with Gasteiger partial charge in [-0.2, -0.15) is 0 Å². The third-order valence-corrected chi connectivity index (χ3v) is 6.31. The zero-order valence-corrected chi connectivity index (χ0v) is 15.9. The van der Waals surface area contributed by atoms with Gasteiger partial charge in [0.1, 0.15) is 4.70 Å². The van der Waals surface area contributed by atoms with Crippen molar-refractivity contribution in [2.24, 2.45) is 0 Å². The van der Waals surface area contributed by atoms with Crippen LogP contribution in [0, 0.1) is 0 Å². The highest BCUT2D eigenvalue weighted by molar-refractivity contribution is 7.99. The fraction of sp³-hybridized carbons (Fsp3) is 0.316. The number of fused-ring (bicyclic) bond motifs is 1. The highest BCUT2D eigenvalue weighted by Crippen LogP contribution is 2.24. The van der Waals surface area contributed by atoms with Crippen LogP contribution >= 0.6 is 23.1 Å². The van der Waals surface area contributed by atoms with Crippen molar-refractivity contribution in [2.45, 2.75) is 24.4 Å². The Bertz CT molecular complexity index is 975. The quantitative estimate of drug-likeness (QED) is 0.509. The molecule has 0 radical (unpaired) electrons.